The first-order valence-electron chi connectivity index (χ1n) is 7.86. The lowest BCUT2D eigenvalue weighted by atomic mass is 10.2. The van der Waals surface area contributed by atoms with Crippen molar-refractivity contribution in [2.24, 2.45) is 0 Å². The van der Waals surface area contributed by atoms with Crippen LogP contribution in [0.15, 0.2) is 41.3 Å². The van der Waals surface area contributed by atoms with Gasteiger partial charge in [0.15, 0.2) is 0 Å². The molecule has 1 fully saturated rings. The van der Waals surface area contributed by atoms with E-state index >= 15 is 0 Å². The highest BCUT2D eigenvalue weighted by Crippen LogP contribution is 2.35. The maximum Gasteiger partial charge on any atom is 0.257 e. The molecule has 0 atom stereocenters. The summed E-state index contributed by atoms with van der Waals surface area (Å²) >= 11 is 14.2. The second-order valence-corrected chi connectivity index (χ2v) is 7.23. The normalized spacial score (nSPS) is 14.4. The van der Waals surface area contributed by atoms with Crippen molar-refractivity contribution in [3.05, 3.63) is 52.0 Å². The van der Waals surface area contributed by atoms with E-state index in [0.29, 0.717) is 34.5 Å². The molecule has 132 valence electrons. The number of benzene rings is 2. The number of nitrogens with zero attached hydrogens (tertiary/aromatic N) is 1. The number of hydrogen-bond donors (Lipinski definition) is 1. The van der Waals surface area contributed by atoms with Crippen molar-refractivity contribution in [3.8, 4) is 0 Å². The van der Waals surface area contributed by atoms with Crippen LogP contribution >= 0.6 is 35.0 Å². The van der Waals surface area contributed by atoms with Crippen LogP contribution in [0.2, 0.25) is 10.0 Å². The molecule has 2 aromatic carbocycles. The third-order valence-electron chi connectivity index (χ3n) is 3.98. The van der Waals surface area contributed by atoms with Gasteiger partial charge in [0.05, 0.1) is 40.2 Å². The van der Waals surface area contributed by atoms with E-state index in [4.69, 9.17) is 27.9 Å². The van der Waals surface area contributed by atoms with Crippen molar-refractivity contribution in [1.29, 1.82) is 0 Å². The molecule has 0 aromatic heterocycles. The zero-order chi connectivity index (χ0) is 17.8. The Hall–Kier alpha value is -1.40. The Morgan fingerprint density at radius 2 is 1.92 bits per heavy atom. The monoisotopic (exact) mass is 396 g/mol. The Morgan fingerprint density at radius 3 is 2.64 bits per heavy atom. The summed E-state index contributed by atoms with van der Waals surface area (Å²) in [5.74, 6) is -0.252. The maximum atomic E-state index is 12.8. The number of carbonyl (C=O) groups is 1. The molecule has 1 N–H and O–H groups in total. The van der Waals surface area contributed by atoms with Gasteiger partial charge in [0, 0.05) is 18.0 Å². The molecule has 25 heavy (non-hydrogen) atoms. The van der Waals surface area contributed by atoms with E-state index in [1.54, 1.807) is 23.9 Å². The van der Waals surface area contributed by atoms with Gasteiger partial charge in [-0.15, -0.1) is 11.8 Å². The lowest BCUT2D eigenvalue weighted by molar-refractivity contribution is 0.102. The largest absolute Gasteiger partial charge is 0.378 e. The van der Waals surface area contributed by atoms with Gasteiger partial charge in [0.25, 0.3) is 5.91 Å². The molecule has 1 saturated heterocycles. The Morgan fingerprint density at radius 1 is 1.16 bits per heavy atom. The summed E-state index contributed by atoms with van der Waals surface area (Å²) in [6.07, 6.45) is 1.96. The van der Waals surface area contributed by atoms with Gasteiger partial charge >= 0.3 is 0 Å². The van der Waals surface area contributed by atoms with E-state index in [1.807, 2.05) is 30.5 Å². The SMILES string of the molecule is CSc1ccc(Cl)c(C(=O)Nc2cccc(Cl)c2N2CCOCC2)c1. The quantitative estimate of drug-likeness (QED) is 0.753. The van der Waals surface area contributed by atoms with Crippen molar-refractivity contribution in [3.63, 3.8) is 0 Å². The molecule has 1 aliphatic heterocycles. The summed E-state index contributed by atoms with van der Waals surface area (Å²) in [4.78, 5) is 15.9. The van der Waals surface area contributed by atoms with E-state index < -0.39 is 0 Å². The van der Waals surface area contributed by atoms with E-state index in [1.165, 1.54) is 0 Å². The third kappa shape index (κ3) is 4.23. The Kier molecular flexibility index (Phi) is 6.12. The molecule has 0 unspecified atom stereocenters. The summed E-state index contributed by atoms with van der Waals surface area (Å²) in [5, 5.41) is 3.98. The molecular weight excluding hydrogens is 379 g/mol. The number of ether oxygens (including phenoxy) is 1. The number of para-hydroxylation sites is 1. The topological polar surface area (TPSA) is 41.6 Å². The Labute approximate surface area is 161 Å². The fraction of sp³-hybridized carbons (Fsp3) is 0.278. The second-order valence-electron chi connectivity index (χ2n) is 5.54. The van der Waals surface area contributed by atoms with Crippen LogP contribution in [-0.4, -0.2) is 38.5 Å². The minimum absolute atomic E-state index is 0.252. The number of nitrogens with one attached hydrogen (secondary N) is 1. The number of carbonyl (C=O) groups excluding carboxylic acids is 1. The lowest BCUT2D eigenvalue weighted by Gasteiger charge is -2.31. The van der Waals surface area contributed by atoms with Gasteiger partial charge in [-0.25, -0.2) is 0 Å². The average molecular weight is 397 g/mol. The van der Waals surface area contributed by atoms with Crippen LogP contribution in [-0.2, 0) is 4.74 Å². The molecule has 1 aliphatic rings. The van der Waals surface area contributed by atoms with Crippen LogP contribution in [0, 0.1) is 0 Å². The predicted octanol–water partition coefficient (Wildman–Crippen LogP) is 4.80. The number of anilines is 2. The molecule has 1 amide bonds. The highest BCUT2D eigenvalue weighted by molar-refractivity contribution is 7.98. The van der Waals surface area contributed by atoms with Crippen LogP contribution in [0.4, 0.5) is 11.4 Å². The van der Waals surface area contributed by atoms with Crippen LogP contribution in [0.5, 0.6) is 0 Å². The van der Waals surface area contributed by atoms with Gasteiger partial charge in [-0.05, 0) is 36.6 Å². The summed E-state index contributed by atoms with van der Waals surface area (Å²) in [5.41, 5.74) is 1.93. The number of halogens is 2. The van der Waals surface area contributed by atoms with Crippen molar-refractivity contribution in [2.75, 3.05) is 42.8 Å². The molecule has 0 aliphatic carbocycles. The standard InChI is InChI=1S/C18H18Cl2N2O2S/c1-25-12-5-6-14(19)13(11-12)18(23)21-16-4-2-3-15(20)17(16)22-7-9-24-10-8-22/h2-6,11H,7-10H2,1H3,(H,21,23). The Balaban J connectivity index is 1.90. The van der Waals surface area contributed by atoms with Gasteiger partial charge in [0.1, 0.15) is 0 Å². The van der Waals surface area contributed by atoms with Gasteiger partial charge in [0.2, 0.25) is 0 Å². The maximum absolute atomic E-state index is 12.8. The van der Waals surface area contributed by atoms with Crippen molar-refractivity contribution in [1.82, 2.24) is 0 Å². The molecule has 2 aromatic rings. The smallest absolute Gasteiger partial charge is 0.257 e. The van der Waals surface area contributed by atoms with Crippen LogP contribution < -0.4 is 10.2 Å². The number of hydrogen-bond acceptors (Lipinski definition) is 4. The van der Waals surface area contributed by atoms with Crippen molar-refractivity contribution in [2.45, 2.75) is 4.90 Å². The summed E-state index contributed by atoms with van der Waals surface area (Å²) in [6, 6.07) is 10.9. The number of rotatable bonds is 4. The first-order valence-corrected chi connectivity index (χ1v) is 9.84. The van der Waals surface area contributed by atoms with Gasteiger partial charge in [-0.1, -0.05) is 29.3 Å². The highest BCUT2D eigenvalue weighted by Gasteiger charge is 2.20. The number of thioether (sulfide) groups is 1. The van der Waals surface area contributed by atoms with Crippen LogP contribution in [0.25, 0.3) is 0 Å². The molecule has 1 heterocycles. The zero-order valence-corrected chi connectivity index (χ0v) is 16.0. The highest BCUT2D eigenvalue weighted by atomic mass is 35.5. The van der Waals surface area contributed by atoms with Gasteiger partial charge in [-0.3, -0.25) is 4.79 Å². The van der Waals surface area contributed by atoms with Crippen LogP contribution in [0.3, 0.4) is 0 Å². The zero-order valence-electron chi connectivity index (χ0n) is 13.7. The third-order valence-corrected chi connectivity index (χ3v) is 5.34. The molecule has 0 saturated carbocycles. The molecule has 0 bridgehead atoms. The first kappa shape index (κ1) is 18.4. The lowest BCUT2D eigenvalue weighted by Crippen LogP contribution is -2.37. The molecule has 4 nitrogen and oxygen atoms in total. The molecule has 3 rings (SSSR count). The molecular formula is C18H18Cl2N2O2S. The van der Waals surface area contributed by atoms with E-state index in [0.717, 1.165) is 23.7 Å². The number of morpholine rings is 1. The van der Waals surface area contributed by atoms with Gasteiger partial charge < -0.3 is 15.0 Å². The Bertz CT molecular complexity index is 780. The summed E-state index contributed by atoms with van der Waals surface area (Å²) in [7, 11) is 0. The minimum Gasteiger partial charge on any atom is -0.378 e. The average Bonchev–Trinajstić information content (AvgIpc) is 2.63. The van der Waals surface area contributed by atoms with Crippen molar-refractivity contribution >= 4 is 52.2 Å². The predicted molar refractivity (Wildman–Crippen MR) is 106 cm³/mol. The van der Waals surface area contributed by atoms with Crippen LogP contribution in [0.1, 0.15) is 10.4 Å². The summed E-state index contributed by atoms with van der Waals surface area (Å²) < 4.78 is 5.40. The van der Waals surface area contributed by atoms with E-state index in [2.05, 4.69) is 10.2 Å². The van der Waals surface area contributed by atoms with Crippen molar-refractivity contribution < 1.29 is 9.53 Å². The minimum atomic E-state index is -0.252. The van der Waals surface area contributed by atoms with E-state index in [9.17, 15) is 4.79 Å². The second kappa shape index (κ2) is 8.32. The van der Waals surface area contributed by atoms with Gasteiger partial charge in [-0.2, -0.15) is 0 Å². The van der Waals surface area contributed by atoms with E-state index in [-0.39, 0.29) is 5.91 Å². The fourth-order valence-electron chi connectivity index (χ4n) is 2.72. The molecule has 0 spiro atoms. The molecule has 0 radical (unpaired) electrons. The number of amides is 1. The fourth-order valence-corrected chi connectivity index (χ4v) is 3.66. The first-order chi connectivity index (χ1) is 12.1. The summed E-state index contributed by atoms with van der Waals surface area (Å²) in [6.45, 7) is 2.74. The molecule has 7 heteroatoms.